The molecule has 0 saturated heterocycles. The number of aryl methyl sites for hydroxylation is 2. The molecule has 0 aliphatic carbocycles. The smallest absolute Gasteiger partial charge is 0.256 e. The first kappa shape index (κ1) is 17.5. The van der Waals surface area contributed by atoms with Gasteiger partial charge in [-0.3, -0.25) is 4.79 Å². The molecule has 1 heterocycles. The van der Waals surface area contributed by atoms with E-state index in [0.717, 1.165) is 15.6 Å². The molecule has 0 aliphatic rings. The van der Waals surface area contributed by atoms with E-state index in [1.807, 2.05) is 55.5 Å². The van der Waals surface area contributed by atoms with E-state index in [4.69, 9.17) is 4.42 Å². The molecule has 3 aromatic carbocycles. The summed E-state index contributed by atoms with van der Waals surface area (Å²) in [6.07, 6.45) is 0. The lowest BCUT2D eigenvalue weighted by atomic mass is 10.1. The molecule has 134 valence electrons. The third-order valence-corrected chi connectivity index (χ3v) is 5.07. The third kappa shape index (κ3) is 3.51. The lowest BCUT2D eigenvalue weighted by Crippen LogP contribution is -2.12. The summed E-state index contributed by atoms with van der Waals surface area (Å²) >= 11 is 3.40. The van der Waals surface area contributed by atoms with Gasteiger partial charge in [-0.2, -0.15) is 0 Å². The number of carbonyl (C=O) groups is 1. The van der Waals surface area contributed by atoms with Gasteiger partial charge in [0.05, 0.1) is 5.56 Å². The van der Waals surface area contributed by atoms with Crippen molar-refractivity contribution in [1.82, 2.24) is 4.98 Å². The molecule has 4 aromatic rings. The van der Waals surface area contributed by atoms with Gasteiger partial charge in [0, 0.05) is 15.7 Å². The number of halogens is 1. The first-order valence-electron chi connectivity index (χ1n) is 8.55. The Morgan fingerprint density at radius 1 is 1.04 bits per heavy atom. The zero-order valence-corrected chi connectivity index (χ0v) is 16.5. The van der Waals surface area contributed by atoms with Crippen molar-refractivity contribution in [3.63, 3.8) is 0 Å². The number of hydrogen-bond acceptors (Lipinski definition) is 3. The molecule has 0 radical (unpaired) electrons. The Hall–Kier alpha value is -2.92. The highest BCUT2D eigenvalue weighted by Gasteiger charge is 2.13. The van der Waals surface area contributed by atoms with Crippen molar-refractivity contribution in [2.45, 2.75) is 13.8 Å². The fourth-order valence-electron chi connectivity index (χ4n) is 3.02. The van der Waals surface area contributed by atoms with Crippen LogP contribution in [0.25, 0.3) is 22.6 Å². The van der Waals surface area contributed by atoms with E-state index in [1.165, 1.54) is 5.56 Å². The standard InChI is InChI=1S/C22H17BrN2O2/c1-13-7-9-16(14(2)11-13)22-25-19-12-15(8-10-20(19)27-22)24-21(26)17-5-3-4-6-18(17)23/h3-12H,1-2H3,(H,24,26). The topological polar surface area (TPSA) is 55.1 Å². The number of nitrogens with zero attached hydrogens (tertiary/aromatic N) is 1. The van der Waals surface area contributed by atoms with Crippen molar-refractivity contribution in [3.05, 3.63) is 81.8 Å². The molecule has 0 bridgehead atoms. The largest absolute Gasteiger partial charge is 0.436 e. The Morgan fingerprint density at radius 2 is 1.85 bits per heavy atom. The molecule has 1 N–H and O–H groups in total. The predicted octanol–water partition coefficient (Wildman–Crippen LogP) is 6.13. The van der Waals surface area contributed by atoms with Gasteiger partial charge in [0.15, 0.2) is 5.58 Å². The second-order valence-corrected chi connectivity index (χ2v) is 7.31. The normalized spacial score (nSPS) is 10.9. The van der Waals surface area contributed by atoms with E-state index < -0.39 is 0 Å². The van der Waals surface area contributed by atoms with E-state index in [2.05, 4.69) is 39.2 Å². The summed E-state index contributed by atoms with van der Waals surface area (Å²) in [6, 6.07) is 18.9. The van der Waals surface area contributed by atoms with Crippen molar-refractivity contribution >= 4 is 38.6 Å². The number of fused-ring (bicyclic) bond motifs is 1. The minimum absolute atomic E-state index is 0.181. The molecule has 0 aliphatic heterocycles. The highest BCUT2D eigenvalue weighted by molar-refractivity contribution is 9.10. The van der Waals surface area contributed by atoms with Crippen molar-refractivity contribution < 1.29 is 9.21 Å². The minimum Gasteiger partial charge on any atom is -0.436 e. The van der Waals surface area contributed by atoms with Crippen LogP contribution in [0.1, 0.15) is 21.5 Å². The second-order valence-electron chi connectivity index (χ2n) is 6.45. The van der Waals surface area contributed by atoms with E-state index >= 15 is 0 Å². The first-order chi connectivity index (χ1) is 13.0. The average Bonchev–Trinajstić information content (AvgIpc) is 3.05. The van der Waals surface area contributed by atoms with Crippen LogP contribution in [0.2, 0.25) is 0 Å². The predicted molar refractivity (Wildman–Crippen MR) is 111 cm³/mol. The maximum atomic E-state index is 12.5. The van der Waals surface area contributed by atoms with E-state index in [-0.39, 0.29) is 5.91 Å². The summed E-state index contributed by atoms with van der Waals surface area (Å²) in [5.41, 5.74) is 5.92. The number of carbonyl (C=O) groups excluding carboxylic acids is 1. The van der Waals surface area contributed by atoms with Crippen molar-refractivity contribution in [2.24, 2.45) is 0 Å². The van der Waals surface area contributed by atoms with E-state index in [1.54, 1.807) is 6.07 Å². The molecule has 4 nitrogen and oxygen atoms in total. The number of oxazole rings is 1. The van der Waals surface area contributed by atoms with Crippen LogP contribution in [0.15, 0.2) is 69.6 Å². The number of aromatic nitrogens is 1. The Kier molecular flexibility index (Phi) is 4.54. The maximum absolute atomic E-state index is 12.5. The maximum Gasteiger partial charge on any atom is 0.256 e. The summed E-state index contributed by atoms with van der Waals surface area (Å²) < 4.78 is 6.66. The van der Waals surface area contributed by atoms with Gasteiger partial charge >= 0.3 is 0 Å². The van der Waals surface area contributed by atoms with Gasteiger partial charge in [-0.1, -0.05) is 29.8 Å². The van der Waals surface area contributed by atoms with Crippen LogP contribution >= 0.6 is 15.9 Å². The first-order valence-corrected chi connectivity index (χ1v) is 9.34. The lowest BCUT2D eigenvalue weighted by Gasteiger charge is -2.06. The summed E-state index contributed by atoms with van der Waals surface area (Å²) in [5.74, 6) is 0.400. The van der Waals surface area contributed by atoms with Crippen LogP contribution in [0.4, 0.5) is 5.69 Å². The van der Waals surface area contributed by atoms with Gasteiger partial charge in [-0.25, -0.2) is 4.98 Å². The highest BCUT2D eigenvalue weighted by atomic mass is 79.9. The molecule has 0 unspecified atom stereocenters. The molecular weight excluding hydrogens is 404 g/mol. The van der Waals surface area contributed by atoms with Gasteiger partial charge in [0.1, 0.15) is 5.52 Å². The van der Waals surface area contributed by atoms with Crippen LogP contribution in [0, 0.1) is 13.8 Å². The molecule has 0 atom stereocenters. The van der Waals surface area contributed by atoms with E-state index in [9.17, 15) is 4.79 Å². The van der Waals surface area contributed by atoms with Crippen LogP contribution in [-0.4, -0.2) is 10.9 Å². The van der Waals surface area contributed by atoms with Crippen LogP contribution in [0.5, 0.6) is 0 Å². The second kappa shape index (κ2) is 7.00. The molecule has 4 rings (SSSR count). The molecule has 27 heavy (non-hydrogen) atoms. The van der Waals surface area contributed by atoms with Crippen molar-refractivity contribution in [2.75, 3.05) is 5.32 Å². The quantitative estimate of drug-likeness (QED) is 0.433. The summed E-state index contributed by atoms with van der Waals surface area (Å²) in [5, 5.41) is 2.91. The van der Waals surface area contributed by atoms with E-state index in [0.29, 0.717) is 28.2 Å². The fraction of sp³-hybridized carbons (Fsp3) is 0.0909. The fourth-order valence-corrected chi connectivity index (χ4v) is 3.48. The highest BCUT2D eigenvalue weighted by Crippen LogP contribution is 2.29. The Balaban J connectivity index is 1.65. The van der Waals surface area contributed by atoms with Gasteiger partial charge in [0.25, 0.3) is 5.91 Å². The molecule has 0 fully saturated rings. The van der Waals surface area contributed by atoms with Gasteiger partial charge in [0.2, 0.25) is 5.89 Å². The number of benzene rings is 3. The van der Waals surface area contributed by atoms with Gasteiger partial charge in [-0.15, -0.1) is 0 Å². The number of rotatable bonds is 3. The van der Waals surface area contributed by atoms with Gasteiger partial charge in [-0.05, 0) is 71.7 Å². The molecule has 0 saturated carbocycles. The lowest BCUT2D eigenvalue weighted by molar-refractivity contribution is 0.102. The Bertz CT molecular complexity index is 1160. The van der Waals surface area contributed by atoms with Crippen LogP contribution in [0.3, 0.4) is 0 Å². The molecule has 1 aromatic heterocycles. The Labute approximate surface area is 165 Å². The van der Waals surface area contributed by atoms with Crippen molar-refractivity contribution in [1.29, 1.82) is 0 Å². The summed E-state index contributed by atoms with van der Waals surface area (Å²) in [6.45, 7) is 4.10. The van der Waals surface area contributed by atoms with Crippen LogP contribution < -0.4 is 5.32 Å². The Morgan fingerprint density at radius 3 is 2.63 bits per heavy atom. The number of nitrogens with one attached hydrogen (secondary N) is 1. The zero-order valence-electron chi connectivity index (χ0n) is 14.9. The number of amides is 1. The summed E-state index contributed by atoms with van der Waals surface area (Å²) in [4.78, 5) is 17.1. The SMILES string of the molecule is Cc1ccc(-c2nc3cc(NC(=O)c4ccccc4Br)ccc3o2)c(C)c1. The van der Waals surface area contributed by atoms with Crippen molar-refractivity contribution in [3.8, 4) is 11.5 Å². The van der Waals surface area contributed by atoms with Crippen LogP contribution in [-0.2, 0) is 0 Å². The minimum atomic E-state index is -0.181. The summed E-state index contributed by atoms with van der Waals surface area (Å²) in [7, 11) is 0. The zero-order chi connectivity index (χ0) is 19.0. The molecular formula is C22H17BrN2O2. The number of anilines is 1. The number of hydrogen-bond donors (Lipinski definition) is 1. The molecule has 5 heteroatoms. The molecule has 1 amide bonds. The monoisotopic (exact) mass is 420 g/mol. The third-order valence-electron chi connectivity index (χ3n) is 4.38. The average molecular weight is 421 g/mol. The van der Waals surface area contributed by atoms with Gasteiger partial charge < -0.3 is 9.73 Å². The molecule has 0 spiro atoms.